The number of unbranched alkanes of at least 4 members (excludes halogenated alkanes) is 31. The molecule has 390 valence electrons. The van der Waals surface area contributed by atoms with Crippen molar-refractivity contribution in [1.29, 1.82) is 0 Å². The van der Waals surface area contributed by atoms with E-state index in [9.17, 15) is 40.5 Å². The molecule has 1 fully saturated rings. The third kappa shape index (κ3) is 33.2. The van der Waals surface area contributed by atoms with E-state index in [1.807, 2.05) is 6.08 Å². The predicted octanol–water partition coefficient (Wildman–Crippen LogP) is 11.0. The maximum absolute atomic E-state index is 13.0. The molecule has 11 nitrogen and oxygen atoms in total. The van der Waals surface area contributed by atoms with Gasteiger partial charge in [0.2, 0.25) is 5.91 Å². The molecule has 0 radical (unpaired) electrons. The molecule has 0 saturated carbocycles. The van der Waals surface area contributed by atoms with E-state index >= 15 is 0 Å². The maximum Gasteiger partial charge on any atom is 0.249 e. The second-order valence-corrected chi connectivity index (χ2v) is 19.6. The molecule has 0 aromatic rings. The Labute approximate surface area is 404 Å². The van der Waals surface area contributed by atoms with Crippen LogP contribution in [0.4, 0.5) is 0 Å². The molecule has 1 saturated heterocycles. The molecule has 0 aromatic carbocycles. The normalized spacial score (nSPS) is 20.9. The van der Waals surface area contributed by atoms with Gasteiger partial charge in [0.25, 0.3) is 0 Å². The molecule has 1 heterocycles. The zero-order valence-electron chi connectivity index (χ0n) is 42.4. The van der Waals surface area contributed by atoms with E-state index in [0.29, 0.717) is 12.8 Å². The van der Waals surface area contributed by atoms with Crippen molar-refractivity contribution in [3.8, 4) is 0 Å². The van der Waals surface area contributed by atoms with E-state index in [0.717, 1.165) is 32.1 Å². The third-order valence-electron chi connectivity index (χ3n) is 13.5. The van der Waals surface area contributed by atoms with Crippen molar-refractivity contribution in [3.63, 3.8) is 0 Å². The number of carbonyl (C=O) groups excluding carboxylic acids is 1. The summed E-state index contributed by atoms with van der Waals surface area (Å²) in [5.41, 5.74) is 0. The summed E-state index contributed by atoms with van der Waals surface area (Å²) in [7, 11) is 0. The lowest BCUT2D eigenvalue weighted by Crippen LogP contribution is -2.60. The fourth-order valence-electron chi connectivity index (χ4n) is 8.92. The van der Waals surface area contributed by atoms with Crippen molar-refractivity contribution in [2.45, 2.75) is 306 Å². The van der Waals surface area contributed by atoms with Gasteiger partial charge in [0.15, 0.2) is 6.29 Å². The van der Waals surface area contributed by atoms with Gasteiger partial charge in [0, 0.05) is 0 Å². The largest absolute Gasteiger partial charge is 0.394 e. The van der Waals surface area contributed by atoms with Crippen LogP contribution in [0.3, 0.4) is 0 Å². The van der Waals surface area contributed by atoms with Crippen molar-refractivity contribution in [2.75, 3.05) is 13.2 Å². The number of ether oxygens (including phenoxy) is 2. The van der Waals surface area contributed by atoms with Gasteiger partial charge in [-0.05, 0) is 57.8 Å². The van der Waals surface area contributed by atoms with E-state index < -0.39 is 74.2 Å². The Morgan fingerprint density at radius 2 is 0.894 bits per heavy atom. The zero-order chi connectivity index (χ0) is 48.3. The van der Waals surface area contributed by atoms with Gasteiger partial charge in [-0.1, -0.05) is 218 Å². The summed E-state index contributed by atoms with van der Waals surface area (Å²) >= 11 is 0. The Balaban J connectivity index is 2.20. The number of hydrogen-bond donors (Lipinski definition) is 8. The summed E-state index contributed by atoms with van der Waals surface area (Å²) in [6.45, 7) is 3.37. The average molecular weight is 940 g/mol. The Morgan fingerprint density at radius 1 is 0.515 bits per heavy atom. The molecule has 66 heavy (non-hydrogen) atoms. The molecule has 9 atom stereocenters. The average Bonchev–Trinajstić information content (AvgIpc) is 3.32. The Hall–Kier alpha value is -1.41. The molecule has 0 aromatic heterocycles. The maximum atomic E-state index is 13.0. The molecule has 0 bridgehead atoms. The monoisotopic (exact) mass is 940 g/mol. The van der Waals surface area contributed by atoms with Crippen LogP contribution >= 0.6 is 0 Å². The first-order valence-electron chi connectivity index (χ1n) is 27.7. The van der Waals surface area contributed by atoms with Gasteiger partial charge >= 0.3 is 0 Å². The quantitative estimate of drug-likeness (QED) is 0.0215. The van der Waals surface area contributed by atoms with Crippen LogP contribution in [0.5, 0.6) is 0 Å². The van der Waals surface area contributed by atoms with E-state index in [2.05, 4.69) is 37.4 Å². The summed E-state index contributed by atoms with van der Waals surface area (Å²) in [5.74, 6) is -0.742. The van der Waals surface area contributed by atoms with Gasteiger partial charge in [-0.2, -0.15) is 0 Å². The van der Waals surface area contributed by atoms with Gasteiger partial charge in [0.05, 0.1) is 25.4 Å². The fourth-order valence-corrected chi connectivity index (χ4v) is 8.92. The molecule has 1 amide bonds. The van der Waals surface area contributed by atoms with Crippen LogP contribution in [0, 0.1) is 0 Å². The first kappa shape index (κ1) is 62.6. The molecular weight excluding hydrogens is 835 g/mol. The van der Waals surface area contributed by atoms with Crippen molar-refractivity contribution >= 4 is 5.91 Å². The zero-order valence-corrected chi connectivity index (χ0v) is 42.4. The minimum atomic E-state index is -1.67. The summed E-state index contributed by atoms with van der Waals surface area (Å²) in [6.07, 6.45) is 41.6. The van der Waals surface area contributed by atoms with Crippen LogP contribution in [0.1, 0.15) is 251 Å². The molecule has 0 aliphatic carbocycles. The lowest BCUT2D eigenvalue weighted by Gasteiger charge is -2.40. The summed E-state index contributed by atoms with van der Waals surface area (Å²) in [4.78, 5) is 13.0. The molecule has 1 aliphatic rings. The summed E-state index contributed by atoms with van der Waals surface area (Å²) < 4.78 is 11.1. The van der Waals surface area contributed by atoms with Gasteiger partial charge in [-0.15, -0.1) is 0 Å². The van der Waals surface area contributed by atoms with E-state index in [4.69, 9.17) is 9.47 Å². The minimum absolute atomic E-state index is 0.169. The smallest absolute Gasteiger partial charge is 0.249 e. The standard InChI is InChI=1S/C55H105NO10/c1-3-5-7-9-11-13-14-15-16-17-18-19-20-21-22-23-24-25-26-27-28-29-30-31-32-33-34-35-37-38-40-42-47(58)50(60)46(45-65-55-53(63)52(62)51(61)49(44-57)66-55)56-54(64)48(59)43-41-39-36-12-10-8-6-4-2/h35-37,39,46-53,55,57-63H,3-34,38,40-45H2,1-2H3,(H,56,64)/b37-35+,39-36-. The second-order valence-electron chi connectivity index (χ2n) is 19.6. The second kappa shape index (κ2) is 44.8. The van der Waals surface area contributed by atoms with E-state index in [1.54, 1.807) is 0 Å². The van der Waals surface area contributed by atoms with Crippen molar-refractivity contribution in [1.82, 2.24) is 5.32 Å². The number of aliphatic hydroxyl groups is 7. The lowest BCUT2D eigenvalue weighted by atomic mass is 9.99. The lowest BCUT2D eigenvalue weighted by molar-refractivity contribution is -0.303. The first-order valence-corrected chi connectivity index (χ1v) is 27.7. The predicted molar refractivity (Wildman–Crippen MR) is 270 cm³/mol. The highest BCUT2D eigenvalue weighted by Crippen LogP contribution is 2.23. The number of amides is 1. The Bertz CT molecular complexity index is 1120. The van der Waals surface area contributed by atoms with Crippen LogP contribution in [0.25, 0.3) is 0 Å². The van der Waals surface area contributed by atoms with Crippen molar-refractivity contribution < 1.29 is 50.0 Å². The summed E-state index contributed by atoms with van der Waals surface area (Å²) in [5, 5.41) is 75.5. The highest BCUT2D eigenvalue weighted by molar-refractivity contribution is 5.80. The van der Waals surface area contributed by atoms with Crippen LogP contribution < -0.4 is 5.32 Å². The van der Waals surface area contributed by atoms with Crippen molar-refractivity contribution in [3.05, 3.63) is 24.3 Å². The molecule has 11 heteroatoms. The number of rotatable bonds is 47. The van der Waals surface area contributed by atoms with Gasteiger partial charge in [-0.3, -0.25) is 4.79 Å². The molecule has 1 aliphatic heterocycles. The molecule has 1 rings (SSSR count). The number of aliphatic hydroxyl groups excluding tert-OH is 7. The van der Waals surface area contributed by atoms with Gasteiger partial charge < -0.3 is 50.5 Å². The highest BCUT2D eigenvalue weighted by Gasteiger charge is 2.44. The minimum Gasteiger partial charge on any atom is -0.394 e. The highest BCUT2D eigenvalue weighted by atomic mass is 16.7. The summed E-state index contributed by atoms with van der Waals surface area (Å²) in [6, 6.07) is -1.20. The van der Waals surface area contributed by atoms with Crippen molar-refractivity contribution in [2.24, 2.45) is 0 Å². The molecule has 9 unspecified atom stereocenters. The topological polar surface area (TPSA) is 189 Å². The number of hydrogen-bond acceptors (Lipinski definition) is 10. The van der Waals surface area contributed by atoms with Crippen LogP contribution in [-0.2, 0) is 14.3 Å². The molecule has 0 spiro atoms. The first-order chi connectivity index (χ1) is 32.2. The van der Waals surface area contributed by atoms with Crippen LogP contribution in [0.2, 0.25) is 0 Å². The molecule has 8 N–H and O–H groups in total. The van der Waals surface area contributed by atoms with E-state index in [-0.39, 0.29) is 12.8 Å². The number of allylic oxidation sites excluding steroid dienone is 4. The van der Waals surface area contributed by atoms with Crippen LogP contribution in [-0.4, -0.2) is 110 Å². The fraction of sp³-hybridized carbons (Fsp3) is 0.909. The number of nitrogens with one attached hydrogen (secondary N) is 1. The third-order valence-corrected chi connectivity index (χ3v) is 13.5. The van der Waals surface area contributed by atoms with Crippen LogP contribution in [0.15, 0.2) is 24.3 Å². The van der Waals surface area contributed by atoms with Gasteiger partial charge in [-0.25, -0.2) is 0 Å². The van der Waals surface area contributed by atoms with E-state index in [1.165, 1.54) is 180 Å². The Kier molecular flexibility index (Phi) is 42.5. The Morgan fingerprint density at radius 3 is 1.32 bits per heavy atom. The molecular formula is C55H105NO10. The van der Waals surface area contributed by atoms with Gasteiger partial charge in [0.1, 0.15) is 36.6 Å². The number of carbonyl (C=O) groups is 1. The SMILES string of the molecule is CCCCCC/C=C\CCC(O)C(=O)NC(COC1OC(CO)C(O)C(O)C1O)C(O)C(O)CCC/C=C/CCCCCCCCCCCCCCCCCCCCCCCCCCCC.